The number of hydrogen-bond donors (Lipinski definition) is 3. The molecule has 0 saturated heterocycles. The minimum Gasteiger partial charge on any atom is -0.478 e. The van der Waals surface area contributed by atoms with Crippen LogP contribution in [0.1, 0.15) is 0 Å². The van der Waals surface area contributed by atoms with Crippen LogP contribution in [0.5, 0.6) is 0 Å². The van der Waals surface area contributed by atoms with Gasteiger partial charge in [-0.15, -0.1) is 11.8 Å². The number of amides is 2. The molecule has 0 bridgehead atoms. The number of carbonyl (C=O) groups excluding carboxylic acids is 2. The molecule has 7 heteroatoms. The fraction of sp³-hybridized carbons (Fsp3) is 0.0833. The van der Waals surface area contributed by atoms with Crippen molar-refractivity contribution in [2.24, 2.45) is 0 Å². The van der Waals surface area contributed by atoms with Gasteiger partial charge in [0.15, 0.2) is 0 Å². The summed E-state index contributed by atoms with van der Waals surface area (Å²) in [4.78, 5) is 33.8. The number of nitrogens with one attached hydrogen (secondary N) is 2. The second-order valence-corrected chi connectivity index (χ2v) is 4.73. The topological polar surface area (TPSA) is 95.5 Å². The molecule has 1 aliphatic rings. The average molecular weight is 278 g/mol. The first-order chi connectivity index (χ1) is 9.04. The van der Waals surface area contributed by atoms with E-state index in [9.17, 15) is 14.4 Å². The molecular formula is C12H10N2O4S. The van der Waals surface area contributed by atoms with Gasteiger partial charge < -0.3 is 15.7 Å². The molecule has 1 aromatic rings. The van der Waals surface area contributed by atoms with Crippen molar-refractivity contribution in [2.75, 3.05) is 16.4 Å². The molecule has 6 nitrogen and oxygen atoms in total. The highest BCUT2D eigenvalue weighted by Gasteiger charge is 2.15. The Kier molecular flexibility index (Phi) is 3.86. The van der Waals surface area contributed by atoms with E-state index in [0.717, 1.165) is 17.0 Å². The number of carbonyl (C=O) groups is 3. The number of benzene rings is 1. The summed E-state index contributed by atoms with van der Waals surface area (Å²) in [5.41, 5.74) is 1.13. The zero-order valence-corrected chi connectivity index (χ0v) is 10.5. The molecule has 2 amide bonds. The summed E-state index contributed by atoms with van der Waals surface area (Å²) in [5.74, 6) is -1.45. The number of carboxylic acids is 1. The van der Waals surface area contributed by atoms with Crippen LogP contribution in [0.25, 0.3) is 0 Å². The van der Waals surface area contributed by atoms with Crippen LogP contribution in [0.15, 0.2) is 35.2 Å². The second-order valence-electron chi connectivity index (χ2n) is 3.71. The summed E-state index contributed by atoms with van der Waals surface area (Å²) in [5, 5.41) is 13.6. The Morgan fingerprint density at radius 2 is 2.16 bits per heavy atom. The molecule has 19 heavy (non-hydrogen) atoms. The number of aliphatic carboxylic acids is 1. The van der Waals surface area contributed by atoms with E-state index in [0.29, 0.717) is 17.1 Å². The summed E-state index contributed by atoms with van der Waals surface area (Å²) in [6.07, 6.45) is 1.68. The Hall–Kier alpha value is -2.28. The van der Waals surface area contributed by atoms with Gasteiger partial charge in [-0.3, -0.25) is 9.59 Å². The van der Waals surface area contributed by atoms with Crippen molar-refractivity contribution in [3.63, 3.8) is 0 Å². The van der Waals surface area contributed by atoms with Crippen LogP contribution in [0.2, 0.25) is 0 Å². The molecule has 98 valence electrons. The first-order valence-corrected chi connectivity index (χ1v) is 6.32. The molecule has 0 aromatic heterocycles. The lowest BCUT2D eigenvalue weighted by Crippen LogP contribution is -2.19. The standard InChI is InChI=1S/C12H10N2O4S/c15-10(3-4-12(17)18)13-7-1-2-9-8(5-7)14-11(16)6-19-9/h1-5H,6H2,(H,13,15)(H,14,16)(H,17,18)/b4-3+. The van der Waals surface area contributed by atoms with Gasteiger partial charge in [-0.2, -0.15) is 0 Å². The molecular weight excluding hydrogens is 268 g/mol. The number of anilines is 2. The van der Waals surface area contributed by atoms with Crippen LogP contribution >= 0.6 is 11.8 Å². The minimum absolute atomic E-state index is 0.0910. The van der Waals surface area contributed by atoms with Crippen LogP contribution < -0.4 is 10.6 Å². The van der Waals surface area contributed by atoms with E-state index in [2.05, 4.69) is 10.6 Å². The highest BCUT2D eigenvalue weighted by Crippen LogP contribution is 2.33. The Labute approximate surface area is 112 Å². The molecule has 1 aromatic carbocycles. The molecule has 0 atom stereocenters. The molecule has 0 aliphatic carbocycles. The van der Waals surface area contributed by atoms with Gasteiger partial charge in [-0.1, -0.05) is 0 Å². The predicted molar refractivity (Wildman–Crippen MR) is 71.2 cm³/mol. The number of fused-ring (bicyclic) bond motifs is 1. The molecule has 0 spiro atoms. The minimum atomic E-state index is -1.19. The zero-order valence-electron chi connectivity index (χ0n) is 9.67. The van der Waals surface area contributed by atoms with Crippen LogP contribution in [0.4, 0.5) is 11.4 Å². The summed E-state index contributed by atoms with van der Waals surface area (Å²) in [6.45, 7) is 0. The summed E-state index contributed by atoms with van der Waals surface area (Å²) in [7, 11) is 0. The molecule has 0 saturated carbocycles. The lowest BCUT2D eigenvalue weighted by atomic mass is 10.2. The normalized spacial score (nSPS) is 13.8. The molecule has 1 heterocycles. The molecule has 0 fully saturated rings. The number of hydrogen-bond acceptors (Lipinski definition) is 4. The number of rotatable bonds is 3. The Bertz CT molecular complexity index is 583. The van der Waals surface area contributed by atoms with E-state index in [4.69, 9.17) is 5.11 Å². The third-order valence-electron chi connectivity index (χ3n) is 2.26. The first kappa shape index (κ1) is 13.2. The van der Waals surface area contributed by atoms with E-state index in [1.165, 1.54) is 11.8 Å². The van der Waals surface area contributed by atoms with Gasteiger partial charge in [0.1, 0.15) is 0 Å². The highest BCUT2D eigenvalue weighted by atomic mass is 32.2. The van der Waals surface area contributed by atoms with Crippen molar-refractivity contribution >= 4 is 40.9 Å². The van der Waals surface area contributed by atoms with Crippen molar-refractivity contribution in [2.45, 2.75) is 4.90 Å². The van der Waals surface area contributed by atoms with Crippen LogP contribution in [-0.2, 0) is 14.4 Å². The van der Waals surface area contributed by atoms with Crippen molar-refractivity contribution in [1.29, 1.82) is 0 Å². The maximum atomic E-state index is 11.4. The van der Waals surface area contributed by atoms with Crippen LogP contribution in [0.3, 0.4) is 0 Å². The Morgan fingerprint density at radius 1 is 1.37 bits per heavy atom. The summed E-state index contributed by atoms with van der Waals surface area (Å²) < 4.78 is 0. The van der Waals surface area contributed by atoms with Gasteiger partial charge in [0, 0.05) is 22.7 Å². The monoisotopic (exact) mass is 278 g/mol. The molecule has 3 N–H and O–H groups in total. The van der Waals surface area contributed by atoms with E-state index in [1.54, 1.807) is 18.2 Å². The lowest BCUT2D eigenvalue weighted by Gasteiger charge is -2.17. The van der Waals surface area contributed by atoms with Gasteiger partial charge in [0.25, 0.3) is 0 Å². The first-order valence-electron chi connectivity index (χ1n) is 5.33. The van der Waals surface area contributed by atoms with Gasteiger partial charge in [-0.05, 0) is 18.2 Å². The van der Waals surface area contributed by atoms with E-state index < -0.39 is 11.9 Å². The Balaban J connectivity index is 2.10. The van der Waals surface area contributed by atoms with E-state index in [-0.39, 0.29) is 5.91 Å². The van der Waals surface area contributed by atoms with Crippen LogP contribution in [-0.4, -0.2) is 28.6 Å². The molecule has 0 radical (unpaired) electrons. The van der Waals surface area contributed by atoms with Gasteiger partial charge in [-0.25, -0.2) is 4.79 Å². The maximum Gasteiger partial charge on any atom is 0.328 e. The van der Waals surface area contributed by atoms with Crippen molar-refractivity contribution < 1.29 is 19.5 Å². The number of thioether (sulfide) groups is 1. The van der Waals surface area contributed by atoms with Crippen LogP contribution in [0, 0.1) is 0 Å². The summed E-state index contributed by atoms with van der Waals surface area (Å²) >= 11 is 1.42. The maximum absolute atomic E-state index is 11.4. The SMILES string of the molecule is O=C(O)/C=C/C(=O)Nc1ccc2c(c1)NC(=O)CS2. The largest absolute Gasteiger partial charge is 0.478 e. The smallest absolute Gasteiger partial charge is 0.328 e. The molecule has 1 aliphatic heterocycles. The summed E-state index contributed by atoms with van der Waals surface area (Å²) in [6, 6.07) is 5.11. The van der Waals surface area contributed by atoms with Gasteiger partial charge >= 0.3 is 5.97 Å². The average Bonchev–Trinajstić information content (AvgIpc) is 2.36. The zero-order chi connectivity index (χ0) is 13.8. The third kappa shape index (κ3) is 3.59. The predicted octanol–water partition coefficient (Wildman–Crippen LogP) is 1.31. The fourth-order valence-corrected chi connectivity index (χ4v) is 2.28. The van der Waals surface area contributed by atoms with Gasteiger partial charge in [0.05, 0.1) is 11.4 Å². The Morgan fingerprint density at radius 3 is 2.89 bits per heavy atom. The third-order valence-corrected chi connectivity index (χ3v) is 3.33. The second kappa shape index (κ2) is 5.57. The van der Waals surface area contributed by atoms with Crippen molar-refractivity contribution in [3.05, 3.63) is 30.4 Å². The quantitative estimate of drug-likeness (QED) is 0.724. The van der Waals surface area contributed by atoms with Crippen molar-refractivity contribution in [1.82, 2.24) is 0 Å². The van der Waals surface area contributed by atoms with Crippen molar-refractivity contribution in [3.8, 4) is 0 Å². The number of carboxylic acid groups (broad SMARTS) is 1. The van der Waals surface area contributed by atoms with E-state index >= 15 is 0 Å². The molecule has 0 unspecified atom stereocenters. The fourth-order valence-electron chi connectivity index (χ4n) is 1.49. The van der Waals surface area contributed by atoms with E-state index in [1.807, 2.05) is 0 Å². The lowest BCUT2D eigenvalue weighted by molar-refractivity contribution is -0.131. The highest BCUT2D eigenvalue weighted by molar-refractivity contribution is 8.00. The molecule has 2 rings (SSSR count). The van der Waals surface area contributed by atoms with Gasteiger partial charge in [0.2, 0.25) is 11.8 Å².